The predicted octanol–water partition coefficient (Wildman–Crippen LogP) is 3.41. The van der Waals surface area contributed by atoms with E-state index in [0.29, 0.717) is 13.1 Å². The maximum Gasteiger partial charge on any atom is 0.314 e. The molecule has 4 saturated carbocycles. The summed E-state index contributed by atoms with van der Waals surface area (Å²) in [6.45, 7) is 3.06. The molecule has 5 rings (SSSR count). The van der Waals surface area contributed by atoms with E-state index in [1.54, 1.807) is 0 Å². The zero-order valence-electron chi connectivity index (χ0n) is 15.8. The number of carbonyl (C=O) groups is 1. The zero-order chi connectivity index (χ0) is 18.1. The number of rotatable bonds is 6. The van der Waals surface area contributed by atoms with E-state index in [9.17, 15) is 9.90 Å². The van der Waals surface area contributed by atoms with Gasteiger partial charge in [-0.1, -0.05) is 29.8 Å². The van der Waals surface area contributed by atoms with Gasteiger partial charge in [-0.25, -0.2) is 4.79 Å². The van der Waals surface area contributed by atoms with E-state index in [2.05, 4.69) is 41.8 Å². The Morgan fingerprint density at radius 3 is 2.23 bits per heavy atom. The highest BCUT2D eigenvalue weighted by atomic mass is 16.3. The molecule has 2 amide bonds. The maximum atomic E-state index is 12.1. The summed E-state index contributed by atoms with van der Waals surface area (Å²) in [5, 5.41) is 16.7. The summed E-state index contributed by atoms with van der Waals surface area (Å²) in [4.78, 5) is 12.1. The van der Waals surface area contributed by atoms with Crippen molar-refractivity contribution in [2.45, 2.75) is 58.0 Å². The Balaban J connectivity index is 1.21. The van der Waals surface area contributed by atoms with E-state index in [1.807, 2.05) is 0 Å². The van der Waals surface area contributed by atoms with Crippen LogP contribution in [-0.4, -0.2) is 30.3 Å². The van der Waals surface area contributed by atoms with E-state index in [4.69, 9.17) is 0 Å². The molecule has 4 aliphatic rings. The Morgan fingerprint density at radius 2 is 1.65 bits per heavy atom. The molecule has 0 spiro atoms. The molecule has 4 nitrogen and oxygen atoms in total. The van der Waals surface area contributed by atoms with Crippen molar-refractivity contribution in [1.82, 2.24) is 10.6 Å². The summed E-state index contributed by atoms with van der Waals surface area (Å²) in [6, 6.07) is 8.23. The number of hydrogen-bond acceptors (Lipinski definition) is 2. The van der Waals surface area contributed by atoms with Crippen LogP contribution in [0.3, 0.4) is 0 Å². The standard InChI is InChI=1S/C22H32N2O2/c1-15-2-4-16(5-3-15)6-7-23-21(26)24-14-20(25)22-11-17-8-18(12-22)10-19(9-17)13-22/h2-5,17-20,25H,6-14H2,1H3,(H2,23,24,26)/t17?,18?,19?,20-,22?/m0/s1. The van der Waals surface area contributed by atoms with Crippen LogP contribution in [0, 0.1) is 30.1 Å². The van der Waals surface area contributed by atoms with E-state index >= 15 is 0 Å². The van der Waals surface area contributed by atoms with Crippen LogP contribution in [0.5, 0.6) is 0 Å². The molecular weight excluding hydrogens is 324 g/mol. The minimum atomic E-state index is -0.404. The fourth-order valence-electron chi connectivity index (χ4n) is 6.13. The van der Waals surface area contributed by atoms with Crippen LogP contribution in [0.25, 0.3) is 0 Å². The lowest BCUT2D eigenvalue weighted by molar-refractivity contribution is -0.117. The van der Waals surface area contributed by atoms with Gasteiger partial charge in [-0.2, -0.15) is 0 Å². The molecule has 0 aliphatic heterocycles. The molecule has 3 N–H and O–H groups in total. The zero-order valence-corrected chi connectivity index (χ0v) is 15.8. The maximum absolute atomic E-state index is 12.1. The molecule has 0 aromatic heterocycles. The van der Waals surface area contributed by atoms with Crippen LogP contribution in [0.1, 0.15) is 49.7 Å². The Hall–Kier alpha value is -1.55. The van der Waals surface area contributed by atoms with Gasteiger partial charge in [0.15, 0.2) is 0 Å². The molecule has 4 bridgehead atoms. The van der Waals surface area contributed by atoms with E-state index in [1.165, 1.54) is 30.4 Å². The lowest BCUT2D eigenvalue weighted by Crippen LogP contribution is -2.55. The Labute approximate surface area is 156 Å². The highest BCUT2D eigenvalue weighted by Crippen LogP contribution is 2.61. The summed E-state index contributed by atoms with van der Waals surface area (Å²) in [5.74, 6) is 2.46. The Morgan fingerprint density at radius 1 is 1.08 bits per heavy atom. The van der Waals surface area contributed by atoms with Crippen molar-refractivity contribution in [2.75, 3.05) is 13.1 Å². The van der Waals surface area contributed by atoms with Crippen LogP contribution in [-0.2, 0) is 6.42 Å². The van der Waals surface area contributed by atoms with Gasteiger partial charge in [-0.05, 0) is 80.6 Å². The molecule has 0 heterocycles. The topological polar surface area (TPSA) is 61.4 Å². The summed E-state index contributed by atoms with van der Waals surface area (Å²) < 4.78 is 0. The minimum absolute atomic E-state index is 0.0733. The average Bonchev–Trinajstić information content (AvgIpc) is 2.60. The van der Waals surface area contributed by atoms with Crippen LogP contribution < -0.4 is 10.6 Å². The van der Waals surface area contributed by atoms with Crippen LogP contribution in [0.2, 0.25) is 0 Å². The van der Waals surface area contributed by atoms with Gasteiger partial charge in [0.05, 0.1) is 6.10 Å². The monoisotopic (exact) mass is 356 g/mol. The van der Waals surface area contributed by atoms with Gasteiger partial charge in [0.25, 0.3) is 0 Å². The number of hydrogen-bond donors (Lipinski definition) is 3. The van der Waals surface area contributed by atoms with E-state index in [0.717, 1.165) is 43.4 Å². The SMILES string of the molecule is Cc1ccc(CCNC(=O)NC[C@H](O)C23CC4CC(CC(C4)C2)C3)cc1. The lowest BCUT2D eigenvalue weighted by Gasteiger charge is -2.58. The summed E-state index contributed by atoms with van der Waals surface area (Å²) in [6.07, 6.45) is 8.03. The molecule has 4 fully saturated rings. The number of benzene rings is 1. The largest absolute Gasteiger partial charge is 0.391 e. The number of urea groups is 1. The van der Waals surface area contributed by atoms with E-state index in [-0.39, 0.29) is 11.4 Å². The first-order chi connectivity index (χ1) is 12.5. The summed E-state index contributed by atoms with van der Waals surface area (Å²) in [5.41, 5.74) is 2.55. The quantitative estimate of drug-likeness (QED) is 0.731. The highest BCUT2D eigenvalue weighted by molar-refractivity contribution is 5.73. The number of aryl methyl sites for hydroxylation is 1. The smallest absolute Gasteiger partial charge is 0.314 e. The molecule has 0 radical (unpaired) electrons. The second-order valence-corrected chi connectivity index (χ2v) is 9.17. The van der Waals surface area contributed by atoms with Gasteiger partial charge in [0, 0.05) is 13.1 Å². The molecular formula is C22H32N2O2. The van der Waals surface area contributed by atoms with Crippen molar-refractivity contribution >= 4 is 6.03 Å². The van der Waals surface area contributed by atoms with Gasteiger partial charge in [-0.3, -0.25) is 0 Å². The van der Waals surface area contributed by atoms with Crippen LogP contribution >= 0.6 is 0 Å². The summed E-state index contributed by atoms with van der Waals surface area (Å²) in [7, 11) is 0. The Kier molecular flexibility index (Phi) is 4.96. The first-order valence-corrected chi connectivity index (χ1v) is 10.3. The van der Waals surface area contributed by atoms with Crippen molar-refractivity contribution in [2.24, 2.45) is 23.2 Å². The van der Waals surface area contributed by atoms with Gasteiger partial charge in [0.1, 0.15) is 0 Å². The van der Waals surface area contributed by atoms with Crippen molar-refractivity contribution in [3.05, 3.63) is 35.4 Å². The molecule has 142 valence electrons. The fourth-order valence-corrected chi connectivity index (χ4v) is 6.13. The van der Waals surface area contributed by atoms with Gasteiger partial charge >= 0.3 is 6.03 Å². The molecule has 1 atom stereocenters. The van der Waals surface area contributed by atoms with Crippen molar-refractivity contribution in [1.29, 1.82) is 0 Å². The number of aliphatic hydroxyl groups is 1. The molecule has 4 aliphatic carbocycles. The number of amides is 2. The number of aliphatic hydroxyl groups excluding tert-OH is 1. The molecule has 4 heteroatoms. The number of nitrogens with one attached hydrogen (secondary N) is 2. The third-order valence-corrected chi connectivity index (χ3v) is 7.07. The predicted molar refractivity (Wildman–Crippen MR) is 103 cm³/mol. The third-order valence-electron chi connectivity index (χ3n) is 7.07. The van der Waals surface area contributed by atoms with Crippen molar-refractivity contribution < 1.29 is 9.90 Å². The normalized spacial score (nSPS) is 33.1. The lowest BCUT2D eigenvalue weighted by atomic mass is 9.48. The minimum Gasteiger partial charge on any atom is -0.391 e. The number of carbonyl (C=O) groups excluding carboxylic acids is 1. The first-order valence-electron chi connectivity index (χ1n) is 10.3. The molecule has 1 aromatic rings. The molecule has 0 saturated heterocycles. The van der Waals surface area contributed by atoms with Crippen molar-refractivity contribution in [3.8, 4) is 0 Å². The van der Waals surface area contributed by atoms with Gasteiger partial charge in [-0.15, -0.1) is 0 Å². The molecule has 0 unspecified atom stereocenters. The highest BCUT2D eigenvalue weighted by Gasteiger charge is 2.53. The third kappa shape index (κ3) is 3.75. The van der Waals surface area contributed by atoms with Crippen LogP contribution in [0.4, 0.5) is 4.79 Å². The molecule has 26 heavy (non-hydrogen) atoms. The second-order valence-electron chi connectivity index (χ2n) is 9.17. The van der Waals surface area contributed by atoms with Gasteiger partial charge in [0.2, 0.25) is 0 Å². The molecule has 1 aromatic carbocycles. The average molecular weight is 357 g/mol. The summed E-state index contributed by atoms with van der Waals surface area (Å²) >= 11 is 0. The first kappa shape index (κ1) is 17.8. The van der Waals surface area contributed by atoms with Gasteiger partial charge < -0.3 is 15.7 Å². The Bertz CT molecular complexity index is 605. The van der Waals surface area contributed by atoms with Crippen LogP contribution in [0.15, 0.2) is 24.3 Å². The van der Waals surface area contributed by atoms with E-state index < -0.39 is 6.10 Å². The van der Waals surface area contributed by atoms with Crippen molar-refractivity contribution in [3.63, 3.8) is 0 Å². The fraction of sp³-hybridized carbons (Fsp3) is 0.682. The second kappa shape index (κ2) is 7.22.